The lowest BCUT2D eigenvalue weighted by atomic mass is 10.1. The molecule has 0 aromatic heterocycles. The van der Waals surface area contributed by atoms with Crippen molar-refractivity contribution in [2.75, 3.05) is 4.90 Å². The van der Waals surface area contributed by atoms with Crippen LogP contribution in [0.4, 0.5) is 5.69 Å². The summed E-state index contributed by atoms with van der Waals surface area (Å²) in [7, 11) is 0. The topological polar surface area (TPSA) is 27.0 Å². The van der Waals surface area contributed by atoms with E-state index in [0.29, 0.717) is 0 Å². The average molecular weight is 286 g/mol. The fraction of sp³-hybridized carbons (Fsp3) is 0.471. The second-order valence-corrected chi connectivity index (χ2v) is 6.06. The van der Waals surface area contributed by atoms with E-state index in [1.165, 1.54) is 43.4 Å². The number of hydrogen-bond donors (Lipinski definition) is 0. The van der Waals surface area contributed by atoms with Crippen LogP contribution in [0, 0.1) is 11.5 Å². The summed E-state index contributed by atoms with van der Waals surface area (Å²) in [4.78, 5) is 2.96. The van der Waals surface area contributed by atoms with E-state index in [1.54, 1.807) is 16.7 Å². The highest BCUT2D eigenvalue weighted by atomic mass is 32.2. The van der Waals surface area contributed by atoms with Gasteiger partial charge in [-0.25, -0.2) is 0 Å². The Morgan fingerprint density at radius 1 is 1.10 bits per heavy atom. The molecule has 1 aromatic carbocycles. The number of benzene rings is 1. The molecule has 0 aliphatic carbocycles. The Balaban J connectivity index is 1.87. The van der Waals surface area contributed by atoms with Gasteiger partial charge in [0.1, 0.15) is 0 Å². The van der Waals surface area contributed by atoms with Crippen molar-refractivity contribution < 1.29 is 0 Å². The van der Waals surface area contributed by atoms with Gasteiger partial charge in [-0.2, -0.15) is 5.26 Å². The molecule has 0 radical (unpaired) electrons. The number of nitriles is 1. The number of rotatable bonds is 7. The highest BCUT2D eigenvalue weighted by Crippen LogP contribution is 2.39. The molecule has 1 aromatic rings. The molecule has 0 saturated carbocycles. The van der Waals surface area contributed by atoms with Crippen LogP contribution in [0.5, 0.6) is 0 Å². The van der Waals surface area contributed by atoms with Gasteiger partial charge < -0.3 is 0 Å². The Hall–Kier alpha value is -1.40. The highest BCUT2D eigenvalue weighted by molar-refractivity contribution is 8.02. The zero-order valence-corrected chi connectivity index (χ0v) is 13.0. The maximum absolute atomic E-state index is 9.41. The summed E-state index contributed by atoms with van der Waals surface area (Å²) in [5.41, 5.74) is 2.18. The van der Waals surface area contributed by atoms with Crippen molar-refractivity contribution in [3.8, 4) is 6.19 Å². The molecular formula is C17H22N2S. The lowest BCUT2D eigenvalue weighted by molar-refractivity contribution is 0.605. The van der Waals surface area contributed by atoms with Crippen LogP contribution < -0.4 is 4.90 Å². The first-order valence-electron chi connectivity index (χ1n) is 7.51. The maximum atomic E-state index is 9.41. The predicted octanol–water partition coefficient (Wildman–Crippen LogP) is 5.67. The molecular weight excluding hydrogens is 264 g/mol. The number of nitrogens with zero attached hydrogens (tertiary/aromatic N) is 2. The van der Waals surface area contributed by atoms with Crippen molar-refractivity contribution in [2.24, 2.45) is 0 Å². The van der Waals surface area contributed by atoms with E-state index in [2.05, 4.69) is 24.6 Å². The molecule has 0 unspecified atom stereocenters. The summed E-state index contributed by atoms with van der Waals surface area (Å²) in [6.07, 6.45) is 11.1. The van der Waals surface area contributed by atoms with Gasteiger partial charge in [-0.15, -0.1) is 0 Å². The van der Waals surface area contributed by atoms with Crippen LogP contribution in [0.1, 0.15) is 51.9 Å². The number of unbranched alkanes of at least 4 members (excludes halogenated alkanes) is 5. The molecule has 0 N–H and O–H groups in total. The van der Waals surface area contributed by atoms with Crippen LogP contribution in [-0.4, -0.2) is 0 Å². The van der Waals surface area contributed by atoms with E-state index < -0.39 is 0 Å². The first-order chi connectivity index (χ1) is 9.86. The van der Waals surface area contributed by atoms with Crippen LogP contribution in [0.2, 0.25) is 0 Å². The molecule has 3 heteroatoms. The average Bonchev–Trinajstić information content (AvgIpc) is 2.50. The Labute approximate surface area is 126 Å². The lowest BCUT2D eigenvalue weighted by Gasteiger charge is -2.25. The lowest BCUT2D eigenvalue weighted by Crippen LogP contribution is -2.18. The highest BCUT2D eigenvalue weighted by Gasteiger charge is 2.19. The van der Waals surface area contributed by atoms with Gasteiger partial charge in [-0.1, -0.05) is 62.9 Å². The molecule has 20 heavy (non-hydrogen) atoms. The second kappa shape index (κ2) is 8.01. The van der Waals surface area contributed by atoms with Crippen molar-refractivity contribution in [3.63, 3.8) is 0 Å². The van der Waals surface area contributed by atoms with Gasteiger partial charge in [0.2, 0.25) is 0 Å². The zero-order chi connectivity index (χ0) is 14.2. The standard InChI is InChI=1S/C17H22N2S/c1-2-3-4-5-6-7-10-15-13-20-17-12-9-8-11-16(17)19(15)14-18/h8-9,11-13H,2-7,10H2,1H3. The molecule has 0 fully saturated rings. The van der Waals surface area contributed by atoms with Crippen LogP contribution >= 0.6 is 11.8 Å². The van der Waals surface area contributed by atoms with Gasteiger partial charge in [0.05, 0.1) is 5.69 Å². The zero-order valence-electron chi connectivity index (χ0n) is 12.1. The normalized spacial score (nSPS) is 13.6. The number of hydrogen-bond acceptors (Lipinski definition) is 3. The molecule has 1 aliphatic heterocycles. The maximum Gasteiger partial charge on any atom is 0.189 e. The first-order valence-corrected chi connectivity index (χ1v) is 8.39. The van der Waals surface area contributed by atoms with Gasteiger partial charge in [0.15, 0.2) is 6.19 Å². The van der Waals surface area contributed by atoms with Gasteiger partial charge in [-0.3, -0.25) is 4.90 Å². The molecule has 1 aliphatic rings. The third kappa shape index (κ3) is 3.80. The van der Waals surface area contributed by atoms with E-state index in [1.807, 2.05) is 18.2 Å². The minimum absolute atomic E-state index is 1.00. The van der Waals surface area contributed by atoms with E-state index in [4.69, 9.17) is 0 Å². The van der Waals surface area contributed by atoms with Crippen LogP contribution in [-0.2, 0) is 0 Å². The third-order valence-corrected chi connectivity index (χ3v) is 4.59. The first kappa shape index (κ1) is 15.0. The van der Waals surface area contributed by atoms with E-state index >= 15 is 0 Å². The molecule has 0 bridgehead atoms. The van der Waals surface area contributed by atoms with Gasteiger partial charge in [0.25, 0.3) is 0 Å². The number of fused-ring (bicyclic) bond motifs is 1. The molecule has 0 atom stereocenters. The number of allylic oxidation sites excluding steroid dienone is 1. The smallest absolute Gasteiger partial charge is 0.189 e. The fourth-order valence-electron chi connectivity index (χ4n) is 2.46. The van der Waals surface area contributed by atoms with E-state index in [-0.39, 0.29) is 0 Å². The number of thioether (sulfide) groups is 1. The summed E-state index contributed by atoms with van der Waals surface area (Å²) in [6, 6.07) is 8.12. The van der Waals surface area contributed by atoms with Crippen molar-refractivity contribution in [3.05, 3.63) is 35.4 Å². The molecule has 0 spiro atoms. The largest absolute Gasteiger partial charge is 0.250 e. The minimum Gasteiger partial charge on any atom is -0.250 e. The Kier molecular flexibility index (Phi) is 6.01. The Morgan fingerprint density at radius 3 is 2.65 bits per heavy atom. The van der Waals surface area contributed by atoms with E-state index in [9.17, 15) is 5.26 Å². The quantitative estimate of drug-likeness (QED) is 0.477. The summed E-state index contributed by atoms with van der Waals surface area (Å²) in [5, 5.41) is 11.5. The molecule has 0 saturated heterocycles. The summed E-state index contributed by atoms with van der Waals surface area (Å²) >= 11 is 1.73. The summed E-state index contributed by atoms with van der Waals surface area (Å²) < 4.78 is 0. The van der Waals surface area contributed by atoms with Crippen LogP contribution in [0.25, 0.3) is 0 Å². The third-order valence-electron chi connectivity index (χ3n) is 3.60. The predicted molar refractivity (Wildman–Crippen MR) is 86.5 cm³/mol. The summed E-state index contributed by atoms with van der Waals surface area (Å²) in [5.74, 6) is 0. The second-order valence-electron chi connectivity index (χ2n) is 5.15. The van der Waals surface area contributed by atoms with Crippen molar-refractivity contribution >= 4 is 17.4 Å². The Bertz CT molecular complexity index is 502. The van der Waals surface area contributed by atoms with Gasteiger partial charge in [0, 0.05) is 10.6 Å². The van der Waals surface area contributed by atoms with Crippen LogP contribution in [0.15, 0.2) is 40.3 Å². The number of anilines is 1. The molecule has 0 amide bonds. The SMILES string of the molecule is CCCCCCCCC1=CSc2ccccc2N1C#N. The summed E-state index contributed by atoms with van der Waals surface area (Å²) in [6.45, 7) is 2.24. The monoisotopic (exact) mass is 286 g/mol. The van der Waals surface area contributed by atoms with Gasteiger partial charge in [-0.05, 0) is 30.4 Å². The minimum atomic E-state index is 1.00. The molecule has 2 nitrogen and oxygen atoms in total. The van der Waals surface area contributed by atoms with Crippen molar-refractivity contribution in [1.29, 1.82) is 5.26 Å². The van der Waals surface area contributed by atoms with Gasteiger partial charge >= 0.3 is 0 Å². The van der Waals surface area contributed by atoms with Crippen molar-refractivity contribution in [2.45, 2.75) is 56.8 Å². The van der Waals surface area contributed by atoms with Crippen LogP contribution in [0.3, 0.4) is 0 Å². The fourth-order valence-corrected chi connectivity index (χ4v) is 3.38. The molecule has 1 heterocycles. The van der Waals surface area contributed by atoms with Crippen molar-refractivity contribution in [1.82, 2.24) is 0 Å². The number of para-hydroxylation sites is 1. The van der Waals surface area contributed by atoms with E-state index in [0.717, 1.165) is 17.8 Å². The molecule has 106 valence electrons. The Morgan fingerprint density at radius 2 is 1.85 bits per heavy atom. The molecule has 2 rings (SSSR count).